The highest BCUT2D eigenvalue weighted by Crippen LogP contribution is 2.40. The largest absolute Gasteiger partial charge is 0.472 e. The Labute approximate surface area is 170 Å². The zero-order valence-corrected chi connectivity index (χ0v) is 17.0. The Morgan fingerprint density at radius 3 is 3.07 bits per heavy atom. The van der Waals surface area contributed by atoms with E-state index in [1.54, 1.807) is 35.5 Å². The monoisotopic (exact) mass is 438 g/mol. The number of halogens is 1. The third-order valence-corrected chi connectivity index (χ3v) is 6.01. The number of allylic oxidation sites excluding steroid dienone is 1. The minimum Gasteiger partial charge on any atom is -0.472 e. The zero-order chi connectivity index (χ0) is 19.3. The summed E-state index contributed by atoms with van der Waals surface area (Å²) in [5.74, 6) is -0.0576. The molecular formula is C21H19BrN4O2. The van der Waals surface area contributed by atoms with E-state index < -0.39 is 0 Å². The van der Waals surface area contributed by atoms with Gasteiger partial charge in [-0.25, -0.2) is 9.50 Å². The molecule has 28 heavy (non-hydrogen) atoms. The van der Waals surface area contributed by atoms with Crippen LogP contribution in [0.3, 0.4) is 0 Å². The lowest BCUT2D eigenvalue weighted by molar-refractivity contribution is 0.0702. The molecule has 1 aliphatic heterocycles. The van der Waals surface area contributed by atoms with Crippen molar-refractivity contribution < 1.29 is 9.21 Å². The van der Waals surface area contributed by atoms with Crippen molar-refractivity contribution >= 4 is 33.1 Å². The lowest BCUT2D eigenvalue weighted by atomic mass is 9.80. The van der Waals surface area contributed by atoms with Crippen molar-refractivity contribution in [3.63, 3.8) is 0 Å². The molecule has 0 bridgehead atoms. The quantitative estimate of drug-likeness (QED) is 0.590. The first kappa shape index (κ1) is 17.4. The molecule has 3 aromatic rings. The predicted molar refractivity (Wildman–Crippen MR) is 109 cm³/mol. The summed E-state index contributed by atoms with van der Waals surface area (Å²) >= 11 is 3.39. The van der Waals surface area contributed by atoms with Gasteiger partial charge in [0.1, 0.15) is 0 Å². The maximum absolute atomic E-state index is 13.3. The van der Waals surface area contributed by atoms with Crippen molar-refractivity contribution in [2.24, 2.45) is 0 Å². The Balaban J connectivity index is 1.49. The Morgan fingerprint density at radius 1 is 1.36 bits per heavy atom. The topological polar surface area (TPSA) is 63.6 Å². The average molecular weight is 439 g/mol. The zero-order valence-electron chi connectivity index (χ0n) is 15.4. The van der Waals surface area contributed by atoms with Crippen LogP contribution in [0.5, 0.6) is 0 Å². The molecule has 0 saturated carbocycles. The van der Waals surface area contributed by atoms with Gasteiger partial charge in [-0.05, 0) is 59.3 Å². The van der Waals surface area contributed by atoms with Crippen LogP contribution in [0.2, 0.25) is 0 Å². The van der Waals surface area contributed by atoms with E-state index in [4.69, 9.17) is 4.42 Å². The highest BCUT2D eigenvalue weighted by molar-refractivity contribution is 9.10. The van der Waals surface area contributed by atoms with Gasteiger partial charge in [0.25, 0.3) is 5.91 Å². The SMILES string of the molecule is CC1C2=C(CCC=C2c2ccoc2)CCN1C(=O)c1cc2ncc(Br)cn2n1. The number of aromatic nitrogens is 3. The summed E-state index contributed by atoms with van der Waals surface area (Å²) in [6.45, 7) is 2.82. The van der Waals surface area contributed by atoms with Gasteiger partial charge in [0.05, 0.1) is 23.0 Å². The van der Waals surface area contributed by atoms with E-state index in [0.717, 1.165) is 29.3 Å². The van der Waals surface area contributed by atoms with E-state index in [1.807, 2.05) is 11.0 Å². The number of hydrogen-bond donors (Lipinski definition) is 0. The Hall–Kier alpha value is -2.67. The maximum atomic E-state index is 13.3. The highest BCUT2D eigenvalue weighted by Gasteiger charge is 2.34. The molecule has 0 fully saturated rings. The van der Waals surface area contributed by atoms with Crippen LogP contribution < -0.4 is 0 Å². The molecule has 6 nitrogen and oxygen atoms in total. The van der Waals surface area contributed by atoms with Gasteiger partial charge in [-0.15, -0.1) is 0 Å². The number of fused-ring (bicyclic) bond motifs is 1. The highest BCUT2D eigenvalue weighted by atomic mass is 79.9. The minimum atomic E-state index is -0.0576. The Kier molecular flexibility index (Phi) is 4.19. The van der Waals surface area contributed by atoms with Gasteiger partial charge in [0.2, 0.25) is 0 Å². The predicted octanol–water partition coefficient (Wildman–Crippen LogP) is 4.49. The van der Waals surface area contributed by atoms with Crippen molar-refractivity contribution in [2.45, 2.75) is 32.2 Å². The molecule has 0 aromatic carbocycles. The molecule has 1 aliphatic carbocycles. The van der Waals surface area contributed by atoms with Gasteiger partial charge in [0, 0.05) is 30.6 Å². The van der Waals surface area contributed by atoms with Crippen LogP contribution in [0.25, 0.3) is 11.2 Å². The van der Waals surface area contributed by atoms with E-state index in [-0.39, 0.29) is 11.9 Å². The van der Waals surface area contributed by atoms with Crippen molar-refractivity contribution in [3.05, 3.63) is 70.0 Å². The van der Waals surface area contributed by atoms with Gasteiger partial charge < -0.3 is 9.32 Å². The summed E-state index contributed by atoms with van der Waals surface area (Å²) in [6.07, 6.45) is 12.3. The average Bonchev–Trinajstić information content (AvgIpc) is 3.37. The molecule has 0 saturated heterocycles. The fourth-order valence-electron chi connectivity index (χ4n) is 4.28. The van der Waals surface area contributed by atoms with E-state index in [9.17, 15) is 4.79 Å². The van der Waals surface area contributed by atoms with Crippen LogP contribution in [-0.2, 0) is 0 Å². The number of rotatable bonds is 2. The van der Waals surface area contributed by atoms with Crippen LogP contribution in [0.4, 0.5) is 0 Å². The van der Waals surface area contributed by atoms with Crippen molar-refractivity contribution in [1.82, 2.24) is 19.5 Å². The summed E-state index contributed by atoms with van der Waals surface area (Å²) in [5.41, 5.74) is 6.07. The van der Waals surface area contributed by atoms with Gasteiger partial charge in [-0.3, -0.25) is 4.79 Å². The summed E-state index contributed by atoms with van der Waals surface area (Å²) in [7, 11) is 0. The van der Waals surface area contributed by atoms with Gasteiger partial charge in [-0.2, -0.15) is 5.10 Å². The minimum absolute atomic E-state index is 0.0118. The number of carbonyl (C=O) groups excluding carboxylic acids is 1. The Bertz CT molecular complexity index is 1130. The molecular weight excluding hydrogens is 420 g/mol. The van der Waals surface area contributed by atoms with Gasteiger partial charge >= 0.3 is 0 Å². The number of carbonyl (C=O) groups is 1. The van der Waals surface area contributed by atoms with Crippen molar-refractivity contribution in [1.29, 1.82) is 0 Å². The summed E-state index contributed by atoms with van der Waals surface area (Å²) < 4.78 is 7.75. The van der Waals surface area contributed by atoms with E-state index >= 15 is 0 Å². The summed E-state index contributed by atoms with van der Waals surface area (Å²) in [6, 6.07) is 3.72. The van der Waals surface area contributed by atoms with Gasteiger partial charge in [0.15, 0.2) is 11.3 Å². The fraction of sp³-hybridized carbons (Fsp3) is 0.286. The smallest absolute Gasteiger partial charge is 0.274 e. The standard InChI is InChI=1S/C21H19BrN4O2/c1-13-20-14(3-2-4-17(20)15-6-8-28-12-15)5-7-25(13)21(27)18-9-19-23-10-16(22)11-26(19)24-18/h4,6,8-13H,2-3,5,7H2,1H3. The molecule has 1 amide bonds. The number of nitrogens with zero attached hydrogens (tertiary/aromatic N) is 4. The number of furan rings is 1. The van der Waals surface area contributed by atoms with Crippen LogP contribution in [0.15, 0.2) is 63.2 Å². The second-order valence-corrected chi connectivity index (χ2v) is 8.13. The molecule has 142 valence electrons. The van der Waals surface area contributed by atoms with E-state index in [2.05, 4.69) is 39.0 Å². The molecule has 0 N–H and O–H groups in total. The van der Waals surface area contributed by atoms with Crippen molar-refractivity contribution in [2.75, 3.05) is 6.54 Å². The molecule has 1 unspecified atom stereocenters. The molecule has 5 rings (SSSR count). The lowest BCUT2D eigenvalue weighted by Crippen LogP contribution is -2.44. The second kappa shape index (κ2) is 6.74. The summed E-state index contributed by atoms with van der Waals surface area (Å²) in [4.78, 5) is 19.5. The summed E-state index contributed by atoms with van der Waals surface area (Å²) in [5, 5.41) is 4.44. The number of hydrogen-bond acceptors (Lipinski definition) is 4. The molecule has 1 atom stereocenters. The molecule has 3 aromatic heterocycles. The fourth-order valence-corrected chi connectivity index (χ4v) is 4.58. The Morgan fingerprint density at radius 2 is 2.25 bits per heavy atom. The first-order chi connectivity index (χ1) is 13.6. The molecule has 0 spiro atoms. The normalized spacial score (nSPS) is 19.7. The van der Waals surface area contributed by atoms with Crippen LogP contribution in [-0.4, -0.2) is 38.0 Å². The second-order valence-electron chi connectivity index (χ2n) is 7.21. The maximum Gasteiger partial charge on any atom is 0.274 e. The third kappa shape index (κ3) is 2.81. The molecule has 2 aliphatic rings. The first-order valence-corrected chi connectivity index (χ1v) is 10.2. The molecule has 4 heterocycles. The molecule has 7 heteroatoms. The van der Waals surface area contributed by atoms with Crippen LogP contribution in [0.1, 0.15) is 42.2 Å². The third-order valence-electron chi connectivity index (χ3n) is 5.60. The van der Waals surface area contributed by atoms with E-state index in [1.165, 1.54) is 16.7 Å². The van der Waals surface area contributed by atoms with Gasteiger partial charge in [-0.1, -0.05) is 11.6 Å². The van der Waals surface area contributed by atoms with E-state index in [0.29, 0.717) is 17.9 Å². The first-order valence-electron chi connectivity index (χ1n) is 9.39. The number of amides is 1. The van der Waals surface area contributed by atoms with Crippen LogP contribution in [0, 0.1) is 0 Å². The van der Waals surface area contributed by atoms with Crippen LogP contribution >= 0.6 is 15.9 Å². The van der Waals surface area contributed by atoms with Crippen molar-refractivity contribution in [3.8, 4) is 0 Å². The lowest BCUT2D eigenvalue weighted by Gasteiger charge is -2.39. The molecule has 0 radical (unpaired) electrons.